The first-order valence-electron chi connectivity index (χ1n) is 8.69. The first-order valence-corrected chi connectivity index (χ1v) is 8.69. The van der Waals surface area contributed by atoms with Gasteiger partial charge in [0.1, 0.15) is 5.82 Å². The van der Waals surface area contributed by atoms with Gasteiger partial charge in [-0.25, -0.2) is 4.98 Å². The largest absolute Gasteiger partial charge is 0.379 e. The van der Waals surface area contributed by atoms with Gasteiger partial charge in [-0.2, -0.15) is 5.10 Å². The van der Waals surface area contributed by atoms with Crippen LogP contribution in [0.15, 0.2) is 42.9 Å². The van der Waals surface area contributed by atoms with Gasteiger partial charge in [0.2, 0.25) is 5.91 Å². The van der Waals surface area contributed by atoms with Gasteiger partial charge in [0.25, 0.3) is 0 Å². The van der Waals surface area contributed by atoms with Gasteiger partial charge in [-0.05, 0) is 30.0 Å². The van der Waals surface area contributed by atoms with Gasteiger partial charge in [0.15, 0.2) is 0 Å². The second kappa shape index (κ2) is 7.23. The van der Waals surface area contributed by atoms with E-state index < -0.39 is 0 Å². The lowest BCUT2D eigenvalue weighted by Gasteiger charge is -2.32. The lowest BCUT2D eigenvalue weighted by atomic mass is 10.1. The van der Waals surface area contributed by atoms with Crippen LogP contribution in [0.1, 0.15) is 6.92 Å². The predicted molar refractivity (Wildman–Crippen MR) is 99.8 cm³/mol. The molecule has 1 fully saturated rings. The van der Waals surface area contributed by atoms with E-state index in [0.29, 0.717) is 25.6 Å². The zero-order valence-electron chi connectivity index (χ0n) is 14.6. The molecule has 0 spiro atoms. The molecule has 0 radical (unpaired) electrons. The molecule has 0 saturated carbocycles. The maximum Gasteiger partial charge on any atom is 0.239 e. The molecule has 0 bridgehead atoms. The molecule has 2 N–H and O–H groups in total. The summed E-state index contributed by atoms with van der Waals surface area (Å²) in [7, 11) is 0. The molecule has 3 aromatic rings. The highest BCUT2D eigenvalue weighted by Gasteiger charge is 2.21. The van der Waals surface area contributed by atoms with E-state index >= 15 is 0 Å². The number of aromatic nitrogens is 3. The van der Waals surface area contributed by atoms with Gasteiger partial charge < -0.3 is 10.1 Å². The summed E-state index contributed by atoms with van der Waals surface area (Å²) >= 11 is 0. The van der Waals surface area contributed by atoms with Crippen LogP contribution in [0.5, 0.6) is 0 Å². The zero-order chi connectivity index (χ0) is 17.9. The monoisotopic (exact) mass is 351 g/mol. The second-order valence-electron chi connectivity index (χ2n) is 6.56. The molecule has 4 rings (SSSR count). The number of pyridine rings is 1. The Morgan fingerprint density at radius 3 is 3.04 bits per heavy atom. The topological polar surface area (TPSA) is 83.1 Å². The van der Waals surface area contributed by atoms with E-state index in [1.807, 2.05) is 24.4 Å². The molecule has 2 aromatic heterocycles. The minimum atomic E-state index is -0.0587. The van der Waals surface area contributed by atoms with Crippen LogP contribution in [0.25, 0.3) is 21.9 Å². The summed E-state index contributed by atoms with van der Waals surface area (Å²) < 4.78 is 5.41. The van der Waals surface area contributed by atoms with Crippen molar-refractivity contribution in [3.05, 3.63) is 42.9 Å². The minimum Gasteiger partial charge on any atom is -0.379 e. The number of carbonyl (C=O) groups is 1. The molecule has 1 atom stereocenters. The van der Waals surface area contributed by atoms with Gasteiger partial charge in [0, 0.05) is 35.9 Å². The standard InChI is InChI=1S/C19H21N5O2/c1-13-12-26-5-4-24(13)11-19(25)23-18-7-16-6-14(17-9-21-22-10-17)2-3-15(16)8-20-18/h2-3,6-10,13H,4-5,11-12H2,1H3,(H,21,22)(H,20,23,25)/t13-/m1/s1. The maximum absolute atomic E-state index is 12.4. The molecule has 7 heteroatoms. The number of hydrogen-bond donors (Lipinski definition) is 2. The highest BCUT2D eigenvalue weighted by Crippen LogP contribution is 2.24. The Hall–Kier alpha value is -2.77. The fourth-order valence-corrected chi connectivity index (χ4v) is 3.16. The third-order valence-corrected chi connectivity index (χ3v) is 4.67. The molecule has 7 nitrogen and oxygen atoms in total. The van der Waals surface area contributed by atoms with E-state index in [1.54, 1.807) is 12.4 Å². The zero-order valence-corrected chi connectivity index (χ0v) is 14.6. The molecule has 1 aliphatic heterocycles. The smallest absolute Gasteiger partial charge is 0.239 e. The number of H-pyrrole nitrogens is 1. The third-order valence-electron chi connectivity index (χ3n) is 4.67. The van der Waals surface area contributed by atoms with E-state index in [1.165, 1.54) is 0 Å². The molecule has 0 aliphatic carbocycles. The van der Waals surface area contributed by atoms with Gasteiger partial charge in [-0.15, -0.1) is 0 Å². The summed E-state index contributed by atoms with van der Waals surface area (Å²) in [4.78, 5) is 18.8. The fourth-order valence-electron chi connectivity index (χ4n) is 3.16. The summed E-state index contributed by atoms with van der Waals surface area (Å²) in [5.41, 5.74) is 2.09. The van der Waals surface area contributed by atoms with E-state index in [4.69, 9.17) is 4.74 Å². The number of nitrogens with one attached hydrogen (secondary N) is 2. The normalized spacial score (nSPS) is 18.1. The summed E-state index contributed by atoms with van der Waals surface area (Å²) in [5.74, 6) is 0.504. The number of morpholine rings is 1. The molecule has 26 heavy (non-hydrogen) atoms. The third kappa shape index (κ3) is 3.58. The number of fused-ring (bicyclic) bond motifs is 1. The summed E-state index contributed by atoms with van der Waals surface area (Å²) in [6, 6.07) is 8.27. The molecule has 1 saturated heterocycles. The van der Waals surface area contributed by atoms with Crippen molar-refractivity contribution in [2.24, 2.45) is 0 Å². The van der Waals surface area contributed by atoms with Gasteiger partial charge >= 0.3 is 0 Å². The first-order chi connectivity index (χ1) is 12.7. The van der Waals surface area contributed by atoms with Crippen LogP contribution in [0, 0.1) is 0 Å². The van der Waals surface area contributed by atoms with Crippen molar-refractivity contribution in [3.8, 4) is 11.1 Å². The summed E-state index contributed by atoms with van der Waals surface area (Å²) in [6.45, 7) is 4.52. The van der Waals surface area contributed by atoms with Gasteiger partial charge in [0.05, 0.1) is 26.0 Å². The molecular formula is C19H21N5O2. The Labute approximate surface area is 151 Å². The van der Waals surface area contributed by atoms with Crippen LogP contribution >= 0.6 is 0 Å². The van der Waals surface area contributed by atoms with Crippen LogP contribution in [-0.2, 0) is 9.53 Å². The quantitative estimate of drug-likeness (QED) is 0.753. The second-order valence-corrected chi connectivity index (χ2v) is 6.56. The number of nitrogens with zero attached hydrogens (tertiary/aromatic N) is 3. The van der Waals surface area contributed by atoms with Crippen LogP contribution in [0.3, 0.4) is 0 Å². The molecule has 134 valence electrons. The van der Waals surface area contributed by atoms with Crippen molar-refractivity contribution in [3.63, 3.8) is 0 Å². The number of anilines is 1. The highest BCUT2D eigenvalue weighted by molar-refractivity contribution is 5.94. The van der Waals surface area contributed by atoms with Gasteiger partial charge in [-0.1, -0.05) is 12.1 Å². The Morgan fingerprint density at radius 1 is 1.31 bits per heavy atom. The number of carbonyl (C=O) groups excluding carboxylic acids is 1. The Morgan fingerprint density at radius 2 is 2.23 bits per heavy atom. The summed E-state index contributed by atoms with van der Waals surface area (Å²) in [6.07, 6.45) is 5.42. The fraction of sp³-hybridized carbons (Fsp3) is 0.316. The van der Waals surface area contributed by atoms with Crippen LogP contribution < -0.4 is 5.32 Å². The molecule has 1 aliphatic rings. The molecule has 3 heterocycles. The molecule has 0 unspecified atom stereocenters. The Bertz CT molecular complexity index is 909. The number of amides is 1. The van der Waals surface area contributed by atoms with E-state index in [-0.39, 0.29) is 11.9 Å². The average Bonchev–Trinajstić information content (AvgIpc) is 3.18. The number of rotatable bonds is 4. The molecule has 1 amide bonds. The van der Waals surface area contributed by atoms with E-state index in [0.717, 1.165) is 28.4 Å². The van der Waals surface area contributed by atoms with Crippen molar-refractivity contribution < 1.29 is 9.53 Å². The van der Waals surface area contributed by atoms with Crippen molar-refractivity contribution in [1.29, 1.82) is 0 Å². The van der Waals surface area contributed by atoms with Gasteiger partial charge in [-0.3, -0.25) is 14.8 Å². The Balaban J connectivity index is 1.50. The lowest BCUT2D eigenvalue weighted by Crippen LogP contribution is -2.47. The maximum atomic E-state index is 12.4. The Kier molecular flexibility index (Phi) is 4.64. The number of aromatic amines is 1. The minimum absolute atomic E-state index is 0.0587. The molecule has 1 aromatic carbocycles. The van der Waals surface area contributed by atoms with E-state index in [2.05, 4.69) is 38.4 Å². The van der Waals surface area contributed by atoms with Crippen LogP contribution in [0.2, 0.25) is 0 Å². The van der Waals surface area contributed by atoms with Crippen LogP contribution in [0.4, 0.5) is 5.82 Å². The SMILES string of the molecule is C[C@@H]1COCCN1CC(=O)Nc1cc2cc(-c3cn[nH]c3)ccc2cn1. The van der Waals surface area contributed by atoms with Crippen LogP contribution in [-0.4, -0.2) is 58.3 Å². The predicted octanol–water partition coefficient (Wildman–Crippen LogP) is 2.28. The first kappa shape index (κ1) is 16.7. The lowest BCUT2D eigenvalue weighted by molar-refractivity contribution is -0.119. The highest BCUT2D eigenvalue weighted by atomic mass is 16.5. The van der Waals surface area contributed by atoms with Crippen molar-refractivity contribution >= 4 is 22.5 Å². The van der Waals surface area contributed by atoms with E-state index in [9.17, 15) is 4.79 Å². The number of benzene rings is 1. The molecular weight excluding hydrogens is 330 g/mol. The van der Waals surface area contributed by atoms with Crippen molar-refractivity contribution in [2.45, 2.75) is 13.0 Å². The number of hydrogen-bond acceptors (Lipinski definition) is 5. The number of ether oxygens (including phenoxy) is 1. The van der Waals surface area contributed by atoms with Crippen molar-refractivity contribution in [2.75, 3.05) is 31.6 Å². The summed E-state index contributed by atoms with van der Waals surface area (Å²) in [5, 5.41) is 11.8. The average molecular weight is 351 g/mol. The van der Waals surface area contributed by atoms with Crippen molar-refractivity contribution in [1.82, 2.24) is 20.1 Å².